The van der Waals surface area contributed by atoms with Gasteiger partial charge in [0.25, 0.3) is 11.8 Å². The monoisotopic (exact) mass is 553 g/mol. The molecule has 2 aliphatic heterocycles. The molecule has 0 aliphatic carbocycles. The van der Waals surface area contributed by atoms with Crippen molar-refractivity contribution >= 4 is 29.1 Å². The Morgan fingerprint density at radius 3 is 2.61 bits per heavy atom. The molecule has 2 aliphatic rings. The molecule has 1 saturated heterocycles. The highest BCUT2D eigenvalue weighted by Crippen LogP contribution is 2.45. The summed E-state index contributed by atoms with van der Waals surface area (Å²) in [7, 11) is 0. The van der Waals surface area contributed by atoms with E-state index in [9.17, 15) is 24.6 Å². The van der Waals surface area contributed by atoms with Crippen molar-refractivity contribution in [3.05, 3.63) is 108 Å². The van der Waals surface area contributed by atoms with Gasteiger partial charge >= 0.3 is 0 Å². The van der Waals surface area contributed by atoms with Crippen LogP contribution in [-0.2, 0) is 21.7 Å². The zero-order valence-corrected chi connectivity index (χ0v) is 23.1. The van der Waals surface area contributed by atoms with Crippen LogP contribution in [0, 0.1) is 5.92 Å². The first-order chi connectivity index (χ1) is 19.8. The second kappa shape index (κ2) is 12.1. The van der Waals surface area contributed by atoms with Gasteiger partial charge in [-0.2, -0.15) is 0 Å². The van der Waals surface area contributed by atoms with Crippen LogP contribution in [0.5, 0.6) is 0 Å². The SMILES string of the molecule is C[C@H](/C=C/CC(=O)N1CCC[C@H]1CO)[C@@]1(O)C(=O)N(Cc2cccc(NC(=O)c3ccccc3)c2)c2ccccc21. The number of rotatable bonds is 9. The van der Waals surface area contributed by atoms with Gasteiger partial charge in [-0.25, -0.2) is 0 Å². The fraction of sp³-hybridized carbons (Fsp3) is 0.303. The molecule has 1 fully saturated rings. The first-order valence-electron chi connectivity index (χ1n) is 14.0. The van der Waals surface area contributed by atoms with E-state index < -0.39 is 17.4 Å². The van der Waals surface area contributed by atoms with Gasteiger partial charge in [-0.1, -0.05) is 67.6 Å². The maximum absolute atomic E-state index is 13.8. The van der Waals surface area contributed by atoms with Crippen LogP contribution in [-0.4, -0.2) is 52.0 Å². The summed E-state index contributed by atoms with van der Waals surface area (Å²) in [6, 6.07) is 23.3. The molecule has 0 radical (unpaired) electrons. The number of likely N-dealkylation sites (tertiary alicyclic amines) is 1. The van der Waals surface area contributed by atoms with Gasteiger partial charge in [0.1, 0.15) is 0 Å². The first kappa shape index (κ1) is 28.3. The summed E-state index contributed by atoms with van der Waals surface area (Å²) in [5.74, 6) is -1.34. The number of nitrogens with zero attached hydrogens (tertiary/aromatic N) is 2. The molecule has 8 heteroatoms. The number of fused-ring (bicyclic) bond motifs is 1. The predicted molar refractivity (Wildman–Crippen MR) is 157 cm³/mol. The lowest BCUT2D eigenvalue weighted by molar-refractivity contribution is -0.139. The number of para-hydroxylation sites is 1. The van der Waals surface area contributed by atoms with Crippen molar-refractivity contribution in [2.45, 2.75) is 44.4 Å². The van der Waals surface area contributed by atoms with Crippen LogP contribution < -0.4 is 10.2 Å². The van der Waals surface area contributed by atoms with E-state index in [0.29, 0.717) is 29.0 Å². The summed E-state index contributed by atoms with van der Waals surface area (Å²) < 4.78 is 0. The number of aliphatic hydroxyl groups is 2. The molecule has 2 heterocycles. The molecule has 0 unspecified atom stereocenters. The minimum absolute atomic E-state index is 0.0466. The lowest BCUT2D eigenvalue weighted by Gasteiger charge is -2.28. The Morgan fingerprint density at radius 2 is 1.83 bits per heavy atom. The second-order valence-corrected chi connectivity index (χ2v) is 10.7. The highest BCUT2D eigenvalue weighted by molar-refractivity contribution is 6.07. The second-order valence-electron chi connectivity index (χ2n) is 10.7. The first-order valence-corrected chi connectivity index (χ1v) is 14.0. The van der Waals surface area contributed by atoms with E-state index >= 15 is 0 Å². The Balaban J connectivity index is 1.31. The molecule has 5 rings (SSSR count). The normalized spacial score (nSPS) is 20.9. The number of hydrogen-bond acceptors (Lipinski definition) is 5. The molecular weight excluding hydrogens is 518 g/mol. The third kappa shape index (κ3) is 5.66. The number of nitrogens with one attached hydrogen (secondary N) is 1. The Labute approximate surface area is 239 Å². The van der Waals surface area contributed by atoms with E-state index in [1.807, 2.05) is 36.4 Å². The molecule has 0 spiro atoms. The zero-order valence-electron chi connectivity index (χ0n) is 23.1. The average molecular weight is 554 g/mol. The van der Waals surface area contributed by atoms with Crippen molar-refractivity contribution in [3.8, 4) is 0 Å². The number of anilines is 2. The number of hydrogen-bond donors (Lipinski definition) is 3. The minimum Gasteiger partial charge on any atom is -0.394 e. The van der Waals surface area contributed by atoms with Crippen LogP contribution in [0.4, 0.5) is 11.4 Å². The van der Waals surface area contributed by atoms with Gasteiger partial charge in [-0.15, -0.1) is 0 Å². The fourth-order valence-electron chi connectivity index (χ4n) is 5.76. The smallest absolute Gasteiger partial charge is 0.264 e. The van der Waals surface area contributed by atoms with Crippen LogP contribution >= 0.6 is 0 Å². The van der Waals surface area contributed by atoms with Crippen LogP contribution in [0.25, 0.3) is 0 Å². The molecule has 0 aromatic heterocycles. The average Bonchev–Trinajstić information content (AvgIpc) is 3.56. The van der Waals surface area contributed by atoms with Crippen LogP contribution in [0.3, 0.4) is 0 Å². The van der Waals surface area contributed by atoms with E-state index in [4.69, 9.17) is 0 Å². The molecule has 3 aromatic carbocycles. The molecule has 0 bridgehead atoms. The predicted octanol–water partition coefficient (Wildman–Crippen LogP) is 4.24. The van der Waals surface area contributed by atoms with E-state index in [1.54, 1.807) is 71.3 Å². The van der Waals surface area contributed by atoms with E-state index in [1.165, 1.54) is 0 Å². The molecule has 0 saturated carbocycles. The molecule has 3 aromatic rings. The highest BCUT2D eigenvalue weighted by atomic mass is 16.3. The highest BCUT2D eigenvalue weighted by Gasteiger charge is 2.52. The fourth-order valence-corrected chi connectivity index (χ4v) is 5.76. The van der Waals surface area contributed by atoms with Gasteiger partial charge in [0.05, 0.1) is 24.9 Å². The van der Waals surface area contributed by atoms with Crippen LogP contribution in [0.2, 0.25) is 0 Å². The Hall–Kier alpha value is -4.27. The van der Waals surface area contributed by atoms with Crippen LogP contribution in [0.1, 0.15) is 47.7 Å². The Morgan fingerprint density at radius 1 is 1.07 bits per heavy atom. The van der Waals surface area contributed by atoms with Crippen molar-refractivity contribution in [1.82, 2.24) is 4.90 Å². The molecular formula is C33H35N3O5. The molecule has 41 heavy (non-hydrogen) atoms. The number of carbonyl (C=O) groups is 3. The van der Waals surface area contributed by atoms with Crippen molar-refractivity contribution in [2.24, 2.45) is 5.92 Å². The van der Waals surface area contributed by atoms with Gasteiger partial charge in [-0.3, -0.25) is 14.4 Å². The van der Waals surface area contributed by atoms with Gasteiger partial charge in [0.2, 0.25) is 5.91 Å². The molecule has 212 valence electrons. The minimum atomic E-state index is -1.80. The largest absolute Gasteiger partial charge is 0.394 e. The van der Waals surface area contributed by atoms with Crippen molar-refractivity contribution in [1.29, 1.82) is 0 Å². The van der Waals surface area contributed by atoms with Crippen molar-refractivity contribution < 1.29 is 24.6 Å². The number of carbonyl (C=O) groups excluding carboxylic acids is 3. The molecule has 3 N–H and O–H groups in total. The third-order valence-electron chi connectivity index (χ3n) is 8.02. The number of aliphatic hydroxyl groups excluding tert-OH is 1. The van der Waals surface area contributed by atoms with E-state index in [0.717, 1.165) is 18.4 Å². The zero-order chi connectivity index (χ0) is 29.0. The lowest BCUT2D eigenvalue weighted by Crippen LogP contribution is -2.44. The Bertz CT molecular complexity index is 1460. The van der Waals surface area contributed by atoms with E-state index in [2.05, 4.69) is 5.32 Å². The van der Waals surface area contributed by atoms with Crippen molar-refractivity contribution in [2.75, 3.05) is 23.4 Å². The van der Waals surface area contributed by atoms with Gasteiger partial charge in [-0.05, 0) is 48.7 Å². The lowest BCUT2D eigenvalue weighted by atomic mass is 9.83. The molecule has 3 atom stereocenters. The topological polar surface area (TPSA) is 110 Å². The standard InChI is InChI=1S/C33H35N3O5/c1-23(10-7-18-30(38)35-19-9-15-27(35)22-37)33(41)28-16-5-6-17-29(28)36(32(33)40)21-24-11-8-14-26(20-24)34-31(39)25-12-3-2-4-13-25/h2-8,10-14,16-17,20,23,27,37,41H,9,15,18-19,21-22H2,1H3,(H,34,39)/b10-7+/t23-,27+,33+/m1/s1. The van der Waals surface area contributed by atoms with Gasteiger partial charge < -0.3 is 25.3 Å². The Kier molecular flexibility index (Phi) is 8.33. The quantitative estimate of drug-likeness (QED) is 0.344. The number of benzene rings is 3. The molecule has 3 amide bonds. The van der Waals surface area contributed by atoms with Gasteiger partial charge in [0, 0.05) is 35.7 Å². The summed E-state index contributed by atoms with van der Waals surface area (Å²) in [4.78, 5) is 42.4. The molecule has 8 nitrogen and oxygen atoms in total. The van der Waals surface area contributed by atoms with Crippen molar-refractivity contribution in [3.63, 3.8) is 0 Å². The summed E-state index contributed by atoms with van der Waals surface area (Å²) in [5, 5.41) is 24.3. The summed E-state index contributed by atoms with van der Waals surface area (Å²) in [5.41, 5.74) is 1.29. The summed E-state index contributed by atoms with van der Waals surface area (Å²) in [6.07, 6.45) is 5.23. The van der Waals surface area contributed by atoms with Crippen LogP contribution in [0.15, 0.2) is 91.0 Å². The maximum atomic E-state index is 13.8. The third-order valence-corrected chi connectivity index (χ3v) is 8.02. The van der Waals surface area contributed by atoms with E-state index in [-0.39, 0.29) is 37.4 Å². The summed E-state index contributed by atoms with van der Waals surface area (Å²) >= 11 is 0. The maximum Gasteiger partial charge on any atom is 0.264 e. The summed E-state index contributed by atoms with van der Waals surface area (Å²) in [6.45, 7) is 2.56. The van der Waals surface area contributed by atoms with Gasteiger partial charge in [0.15, 0.2) is 5.60 Å². The number of amides is 3.